The van der Waals surface area contributed by atoms with E-state index < -0.39 is 0 Å². The Hall–Kier alpha value is -0.870. The van der Waals surface area contributed by atoms with Crippen molar-refractivity contribution in [3.8, 4) is 0 Å². The summed E-state index contributed by atoms with van der Waals surface area (Å²) >= 11 is 1.67. The van der Waals surface area contributed by atoms with Gasteiger partial charge in [0.25, 0.3) is 0 Å². The van der Waals surface area contributed by atoms with Crippen LogP contribution < -0.4 is 5.32 Å². The van der Waals surface area contributed by atoms with E-state index in [1.807, 2.05) is 6.92 Å². The lowest BCUT2D eigenvalue weighted by atomic mass is 9.92. The molecule has 1 N–H and O–H groups in total. The summed E-state index contributed by atoms with van der Waals surface area (Å²) in [6.45, 7) is 6.21. The number of carbonyl (C=O) groups excluding carboxylic acids is 1. The van der Waals surface area contributed by atoms with Gasteiger partial charge in [0.2, 0.25) is 5.91 Å². The first-order valence-corrected chi connectivity index (χ1v) is 8.21. The van der Waals surface area contributed by atoms with Gasteiger partial charge in [-0.25, -0.2) is 0 Å². The van der Waals surface area contributed by atoms with Gasteiger partial charge in [-0.1, -0.05) is 0 Å². The van der Waals surface area contributed by atoms with Crippen molar-refractivity contribution in [2.24, 2.45) is 11.8 Å². The minimum Gasteiger partial charge on any atom is -0.342 e. The number of likely N-dealkylation sites (tertiary alicyclic amines) is 1. The van der Waals surface area contributed by atoms with Gasteiger partial charge in [0.1, 0.15) is 0 Å². The molecule has 3 heterocycles. The number of rotatable bonds is 2. The number of thiophene rings is 1. The summed E-state index contributed by atoms with van der Waals surface area (Å²) in [5, 5.41) is 7.63. The van der Waals surface area contributed by atoms with Crippen LogP contribution in [0.1, 0.15) is 31.2 Å². The van der Waals surface area contributed by atoms with Crippen molar-refractivity contribution in [1.29, 1.82) is 0 Å². The average molecular weight is 278 g/mol. The summed E-state index contributed by atoms with van der Waals surface area (Å²) < 4.78 is 0. The Morgan fingerprint density at radius 3 is 2.63 bits per heavy atom. The Labute approximate surface area is 119 Å². The van der Waals surface area contributed by atoms with Crippen LogP contribution in [0.3, 0.4) is 0 Å². The molecule has 1 unspecified atom stereocenters. The van der Waals surface area contributed by atoms with E-state index in [-0.39, 0.29) is 5.92 Å². The molecule has 0 spiro atoms. The lowest BCUT2D eigenvalue weighted by Gasteiger charge is -2.24. The van der Waals surface area contributed by atoms with Crippen molar-refractivity contribution in [3.63, 3.8) is 0 Å². The van der Waals surface area contributed by atoms with Crippen LogP contribution in [0, 0.1) is 11.8 Å². The molecule has 104 valence electrons. The van der Waals surface area contributed by atoms with Gasteiger partial charge in [-0.05, 0) is 67.1 Å². The molecule has 1 aromatic heterocycles. The lowest BCUT2D eigenvalue weighted by molar-refractivity contribution is -0.132. The first-order chi connectivity index (χ1) is 9.25. The number of fused-ring (bicyclic) bond motifs is 1. The van der Waals surface area contributed by atoms with Crippen LogP contribution in [-0.2, 0) is 4.79 Å². The Morgan fingerprint density at radius 2 is 2.05 bits per heavy atom. The third-order valence-corrected chi connectivity index (χ3v) is 5.45. The van der Waals surface area contributed by atoms with Crippen molar-refractivity contribution < 1.29 is 4.79 Å². The first-order valence-electron chi connectivity index (χ1n) is 7.27. The molecule has 0 aliphatic carbocycles. The van der Waals surface area contributed by atoms with E-state index in [4.69, 9.17) is 0 Å². The van der Waals surface area contributed by atoms with Crippen LogP contribution in [0.5, 0.6) is 0 Å². The van der Waals surface area contributed by atoms with Crippen molar-refractivity contribution in [3.05, 3.63) is 22.4 Å². The molecule has 1 aromatic rings. The van der Waals surface area contributed by atoms with Crippen molar-refractivity contribution >= 4 is 17.2 Å². The highest BCUT2D eigenvalue weighted by Gasteiger charge is 2.32. The second-order valence-electron chi connectivity index (χ2n) is 5.86. The van der Waals surface area contributed by atoms with Crippen LogP contribution in [-0.4, -0.2) is 37.0 Å². The van der Waals surface area contributed by atoms with Crippen molar-refractivity contribution in [2.75, 3.05) is 26.2 Å². The molecule has 19 heavy (non-hydrogen) atoms. The molecule has 0 radical (unpaired) electrons. The van der Waals surface area contributed by atoms with E-state index >= 15 is 0 Å². The zero-order chi connectivity index (χ0) is 13.2. The zero-order valence-electron chi connectivity index (χ0n) is 11.5. The number of nitrogens with zero attached hydrogens (tertiary/aromatic N) is 1. The first kappa shape index (κ1) is 13.1. The molecule has 0 saturated carbocycles. The Morgan fingerprint density at radius 1 is 1.37 bits per heavy atom. The average Bonchev–Trinajstić information content (AvgIpc) is 3.06. The SMILES string of the molecule is CC(C(=O)N1CC[C@@H]2CNC[C@@H]2CC1)c1ccsc1. The predicted molar refractivity (Wildman–Crippen MR) is 78.4 cm³/mol. The fourth-order valence-electron chi connectivity index (χ4n) is 3.38. The Balaban J connectivity index is 1.64. The lowest BCUT2D eigenvalue weighted by Crippen LogP contribution is -2.35. The fourth-order valence-corrected chi connectivity index (χ4v) is 4.13. The predicted octanol–water partition coefficient (Wildman–Crippen LogP) is 2.31. The molecule has 1 amide bonds. The van der Waals surface area contributed by atoms with Crippen LogP contribution in [0.2, 0.25) is 0 Å². The molecular formula is C15H22N2OS. The third kappa shape index (κ3) is 2.70. The summed E-state index contributed by atoms with van der Waals surface area (Å²) in [7, 11) is 0. The van der Waals surface area contributed by atoms with E-state index in [0.29, 0.717) is 5.91 Å². The molecule has 4 heteroatoms. The molecule has 3 nitrogen and oxygen atoms in total. The summed E-state index contributed by atoms with van der Waals surface area (Å²) in [6, 6.07) is 2.07. The van der Waals surface area contributed by atoms with Crippen molar-refractivity contribution in [2.45, 2.75) is 25.7 Å². The number of nitrogens with one attached hydrogen (secondary N) is 1. The highest BCUT2D eigenvalue weighted by atomic mass is 32.1. The molecule has 2 fully saturated rings. The van der Waals surface area contributed by atoms with Gasteiger partial charge in [0.15, 0.2) is 0 Å². The molecular weight excluding hydrogens is 256 g/mol. The van der Waals surface area contributed by atoms with Crippen LogP contribution in [0.25, 0.3) is 0 Å². The maximum Gasteiger partial charge on any atom is 0.229 e. The molecule has 2 aliphatic heterocycles. The molecule has 0 aromatic carbocycles. The van der Waals surface area contributed by atoms with Crippen LogP contribution >= 0.6 is 11.3 Å². The minimum atomic E-state index is 0.0160. The second kappa shape index (κ2) is 5.63. The van der Waals surface area contributed by atoms with Gasteiger partial charge >= 0.3 is 0 Å². The molecule has 2 aliphatic rings. The minimum absolute atomic E-state index is 0.0160. The van der Waals surface area contributed by atoms with Gasteiger partial charge in [-0.2, -0.15) is 11.3 Å². The zero-order valence-corrected chi connectivity index (χ0v) is 12.3. The van der Waals surface area contributed by atoms with Crippen molar-refractivity contribution in [1.82, 2.24) is 10.2 Å². The Bertz CT molecular complexity index is 417. The van der Waals surface area contributed by atoms with Gasteiger partial charge in [-0.3, -0.25) is 4.79 Å². The standard InChI is InChI=1S/C15H22N2OS/c1-11(14-4-7-19-10-14)15(18)17-5-2-12-8-16-9-13(12)3-6-17/h4,7,10-13,16H,2-3,5-6,8-9H2,1H3/t11?,12-,13+. The summed E-state index contributed by atoms with van der Waals surface area (Å²) in [5.41, 5.74) is 1.17. The van der Waals surface area contributed by atoms with Crippen LogP contribution in [0.15, 0.2) is 16.8 Å². The number of amides is 1. The normalized spacial score (nSPS) is 28.8. The van der Waals surface area contributed by atoms with E-state index in [0.717, 1.165) is 38.0 Å². The number of hydrogen-bond donors (Lipinski definition) is 1. The maximum absolute atomic E-state index is 12.6. The molecule has 0 bridgehead atoms. The monoisotopic (exact) mass is 278 g/mol. The second-order valence-corrected chi connectivity index (χ2v) is 6.64. The van der Waals surface area contributed by atoms with Gasteiger partial charge < -0.3 is 10.2 Å². The summed E-state index contributed by atoms with van der Waals surface area (Å²) in [4.78, 5) is 14.7. The van der Waals surface area contributed by atoms with E-state index in [9.17, 15) is 4.79 Å². The maximum atomic E-state index is 12.6. The van der Waals surface area contributed by atoms with Crippen LogP contribution in [0.4, 0.5) is 0 Å². The van der Waals surface area contributed by atoms with Gasteiger partial charge in [0, 0.05) is 13.1 Å². The highest BCUT2D eigenvalue weighted by Crippen LogP contribution is 2.29. The number of carbonyl (C=O) groups is 1. The quantitative estimate of drug-likeness (QED) is 0.900. The largest absolute Gasteiger partial charge is 0.342 e. The summed E-state index contributed by atoms with van der Waals surface area (Å²) in [5.74, 6) is 1.90. The van der Waals surface area contributed by atoms with E-state index in [2.05, 4.69) is 27.0 Å². The summed E-state index contributed by atoms with van der Waals surface area (Å²) in [6.07, 6.45) is 2.33. The highest BCUT2D eigenvalue weighted by molar-refractivity contribution is 7.08. The van der Waals surface area contributed by atoms with E-state index in [1.54, 1.807) is 11.3 Å². The number of hydrogen-bond acceptors (Lipinski definition) is 3. The molecule has 2 saturated heterocycles. The smallest absolute Gasteiger partial charge is 0.229 e. The Kier molecular flexibility index (Phi) is 3.89. The van der Waals surface area contributed by atoms with Gasteiger partial charge in [-0.15, -0.1) is 0 Å². The third-order valence-electron chi connectivity index (χ3n) is 4.74. The topological polar surface area (TPSA) is 32.3 Å². The van der Waals surface area contributed by atoms with Gasteiger partial charge in [0.05, 0.1) is 5.92 Å². The molecule has 3 rings (SSSR count). The fraction of sp³-hybridized carbons (Fsp3) is 0.667. The van der Waals surface area contributed by atoms with E-state index in [1.165, 1.54) is 18.4 Å². The molecule has 3 atom stereocenters.